The van der Waals surface area contributed by atoms with E-state index in [4.69, 9.17) is 0 Å². The molecule has 1 rings (SSSR count). The second kappa shape index (κ2) is 2.40. The van der Waals surface area contributed by atoms with E-state index in [0.717, 1.165) is 4.90 Å². The highest BCUT2D eigenvalue weighted by molar-refractivity contribution is 6.49. The molecule has 12 heavy (non-hydrogen) atoms. The Morgan fingerprint density at radius 1 is 1.25 bits per heavy atom. The zero-order valence-electron chi connectivity index (χ0n) is 7.38. The number of carbonyl (C=O) groups excluding carboxylic acids is 3. The Hall–Kier alpha value is -1.19. The predicted octanol–water partition coefficient (Wildman–Crippen LogP) is -0.0296. The molecular weight excluding hydrogens is 158 g/mol. The third-order valence-electron chi connectivity index (χ3n) is 2.10. The van der Waals surface area contributed by atoms with E-state index in [1.807, 2.05) is 0 Å². The molecule has 4 heteroatoms. The molecule has 1 aliphatic rings. The lowest BCUT2D eigenvalue weighted by Gasteiger charge is -2.13. The van der Waals surface area contributed by atoms with Crippen molar-refractivity contribution in [3.8, 4) is 0 Å². The monoisotopic (exact) mass is 169 g/mol. The Bertz CT molecular complexity index is 267. The number of imide groups is 1. The molecule has 0 unspecified atom stereocenters. The summed E-state index contributed by atoms with van der Waals surface area (Å²) in [6.45, 7) is 4.90. The van der Waals surface area contributed by atoms with E-state index in [9.17, 15) is 14.4 Å². The lowest BCUT2D eigenvalue weighted by atomic mass is 9.90. The normalized spacial score (nSPS) is 22.2. The van der Waals surface area contributed by atoms with Gasteiger partial charge in [0, 0.05) is 6.54 Å². The van der Waals surface area contributed by atoms with Crippen molar-refractivity contribution in [2.75, 3.05) is 6.54 Å². The lowest BCUT2D eigenvalue weighted by Crippen LogP contribution is -2.32. The van der Waals surface area contributed by atoms with Crippen LogP contribution in [0.1, 0.15) is 20.8 Å². The van der Waals surface area contributed by atoms with Gasteiger partial charge in [0.25, 0.3) is 5.91 Å². The molecule has 4 nitrogen and oxygen atoms in total. The molecule has 0 N–H and O–H groups in total. The molecule has 0 bridgehead atoms. The SMILES string of the molecule is CCN1C(=O)C(=O)C(C)(C)C1=O. The first-order valence-corrected chi connectivity index (χ1v) is 3.83. The molecule has 0 spiro atoms. The summed E-state index contributed by atoms with van der Waals surface area (Å²) < 4.78 is 0. The fourth-order valence-corrected chi connectivity index (χ4v) is 1.20. The average molecular weight is 169 g/mol. The van der Waals surface area contributed by atoms with E-state index in [0.29, 0.717) is 0 Å². The van der Waals surface area contributed by atoms with Crippen LogP contribution >= 0.6 is 0 Å². The average Bonchev–Trinajstić information content (AvgIpc) is 2.15. The number of ketones is 1. The number of amides is 2. The fraction of sp³-hybridized carbons (Fsp3) is 0.625. The number of rotatable bonds is 1. The van der Waals surface area contributed by atoms with Crippen molar-refractivity contribution in [1.29, 1.82) is 0 Å². The Balaban J connectivity index is 3.11. The summed E-state index contributed by atoms with van der Waals surface area (Å²) in [4.78, 5) is 34.7. The maximum absolute atomic E-state index is 11.4. The molecule has 1 saturated heterocycles. The van der Waals surface area contributed by atoms with E-state index in [1.165, 1.54) is 13.8 Å². The molecule has 0 atom stereocenters. The highest BCUT2D eigenvalue weighted by atomic mass is 16.2. The van der Waals surface area contributed by atoms with E-state index >= 15 is 0 Å². The van der Waals surface area contributed by atoms with Crippen LogP contribution in [-0.4, -0.2) is 29.0 Å². The van der Waals surface area contributed by atoms with E-state index < -0.39 is 17.1 Å². The van der Waals surface area contributed by atoms with Crippen LogP contribution in [-0.2, 0) is 14.4 Å². The molecule has 0 aromatic heterocycles. The van der Waals surface area contributed by atoms with Gasteiger partial charge in [0.2, 0.25) is 11.7 Å². The molecule has 1 heterocycles. The maximum atomic E-state index is 11.4. The maximum Gasteiger partial charge on any atom is 0.297 e. The van der Waals surface area contributed by atoms with Gasteiger partial charge < -0.3 is 0 Å². The molecular formula is C8H11NO3. The van der Waals surface area contributed by atoms with Gasteiger partial charge >= 0.3 is 0 Å². The minimum Gasteiger partial charge on any atom is -0.287 e. The summed E-state index contributed by atoms with van der Waals surface area (Å²) in [5.41, 5.74) is -1.15. The van der Waals surface area contributed by atoms with Gasteiger partial charge in [-0.1, -0.05) is 0 Å². The highest BCUT2D eigenvalue weighted by Gasteiger charge is 2.52. The van der Waals surface area contributed by atoms with Crippen LogP contribution in [0.3, 0.4) is 0 Å². The van der Waals surface area contributed by atoms with Crippen LogP contribution in [0.15, 0.2) is 0 Å². The fourth-order valence-electron chi connectivity index (χ4n) is 1.20. The number of likely N-dealkylation sites (tertiary alicyclic amines) is 1. The zero-order valence-corrected chi connectivity index (χ0v) is 7.38. The number of hydrogen-bond donors (Lipinski definition) is 0. The van der Waals surface area contributed by atoms with Gasteiger partial charge in [-0.3, -0.25) is 19.3 Å². The Morgan fingerprint density at radius 2 is 1.75 bits per heavy atom. The molecule has 66 valence electrons. The van der Waals surface area contributed by atoms with Crippen LogP contribution in [0.5, 0.6) is 0 Å². The predicted molar refractivity (Wildman–Crippen MR) is 41.2 cm³/mol. The first-order chi connectivity index (χ1) is 5.42. The Kier molecular flexibility index (Phi) is 1.78. The van der Waals surface area contributed by atoms with E-state index in [2.05, 4.69) is 0 Å². The molecule has 0 aromatic carbocycles. The Labute approximate surface area is 70.5 Å². The van der Waals surface area contributed by atoms with Gasteiger partial charge in [-0.15, -0.1) is 0 Å². The third-order valence-corrected chi connectivity index (χ3v) is 2.10. The van der Waals surface area contributed by atoms with E-state index in [-0.39, 0.29) is 12.5 Å². The third kappa shape index (κ3) is 0.873. The Morgan fingerprint density at radius 3 is 1.92 bits per heavy atom. The first-order valence-electron chi connectivity index (χ1n) is 3.83. The standard InChI is InChI=1S/C8H11NO3/c1-4-9-6(11)5(10)8(2,3)7(9)12/h4H2,1-3H3. The molecule has 0 aliphatic carbocycles. The molecule has 2 amide bonds. The topological polar surface area (TPSA) is 54.5 Å². The van der Waals surface area contributed by atoms with Crippen molar-refractivity contribution in [2.24, 2.45) is 5.41 Å². The summed E-state index contributed by atoms with van der Waals surface area (Å²) in [6, 6.07) is 0. The smallest absolute Gasteiger partial charge is 0.287 e. The van der Waals surface area contributed by atoms with Crippen molar-refractivity contribution in [3.05, 3.63) is 0 Å². The van der Waals surface area contributed by atoms with Gasteiger partial charge in [-0.25, -0.2) is 0 Å². The summed E-state index contributed by atoms with van der Waals surface area (Å²) in [7, 11) is 0. The highest BCUT2D eigenvalue weighted by Crippen LogP contribution is 2.27. The second-order valence-electron chi connectivity index (χ2n) is 3.31. The van der Waals surface area contributed by atoms with Crippen LogP contribution in [0.4, 0.5) is 0 Å². The van der Waals surface area contributed by atoms with E-state index in [1.54, 1.807) is 6.92 Å². The zero-order chi connectivity index (χ0) is 9.52. The number of carbonyl (C=O) groups is 3. The van der Waals surface area contributed by atoms with Gasteiger partial charge in [-0.05, 0) is 20.8 Å². The van der Waals surface area contributed by atoms with Gasteiger partial charge in [0.05, 0.1) is 0 Å². The van der Waals surface area contributed by atoms with Gasteiger partial charge in [0.15, 0.2) is 0 Å². The summed E-state index contributed by atoms with van der Waals surface area (Å²) in [5.74, 6) is -1.66. The molecule has 1 fully saturated rings. The minimum absolute atomic E-state index is 0.271. The number of nitrogens with zero attached hydrogens (tertiary/aromatic N) is 1. The van der Waals surface area contributed by atoms with Crippen LogP contribution < -0.4 is 0 Å². The van der Waals surface area contributed by atoms with Crippen LogP contribution in [0.2, 0.25) is 0 Å². The summed E-state index contributed by atoms with van der Waals surface area (Å²) >= 11 is 0. The molecule has 0 radical (unpaired) electrons. The lowest BCUT2D eigenvalue weighted by molar-refractivity contribution is -0.142. The number of hydrogen-bond acceptors (Lipinski definition) is 3. The van der Waals surface area contributed by atoms with Crippen molar-refractivity contribution in [3.63, 3.8) is 0 Å². The van der Waals surface area contributed by atoms with Crippen LogP contribution in [0, 0.1) is 5.41 Å². The van der Waals surface area contributed by atoms with Crippen molar-refractivity contribution in [2.45, 2.75) is 20.8 Å². The first kappa shape index (κ1) is 8.90. The quantitative estimate of drug-likeness (QED) is 0.314. The number of Topliss-reactive ketones (excluding diaryl/α,β-unsaturated/α-hetero) is 1. The summed E-state index contributed by atoms with van der Waals surface area (Å²) in [5, 5.41) is 0. The van der Waals surface area contributed by atoms with Gasteiger partial charge in [-0.2, -0.15) is 0 Å². The van der Waals surface area contributed by atoms with Crippen molar-refractivity contribution in [1.82, 2.24) is 4.90 Å². The van der Waals surface area contributed by atoms with Crippen LogP contribution in [0.25, 0.3) is 0 Å². The molecule has 0 saturated carbocycles. The molecule has 0 aromatic rings. The number of likely N-dealkylation sites (N-methyl/N-ethyl adjacent to an activating group) is 1. The van der Waals surface area contributed by atoms with Gasteiger partial charge in [0.1, 0.15) is 5.41 Å². The van der Waals surface area contributed by atoms with Crippen molar-refractivity contribution < 1.29 is 14.4 Å². The minimum atomic E-state index is -1.15. The summed E-state index contributed by atoms with van der Waals surface area (Å²) in [6.07, 6.45) is 0. The molecule has 1 aliphatic heterocycles. The second-order valence-corrected chi connectivity index (χ2v) is 3.31. The van der Waals surface area contributed by atoms with Crippen molar-refractivity contribution >= 4 is 17.6 Å². The largest absolute Gasteiger partial charge is 0.297 e.